The number of hydrogen-bond acceptors (Lipinski definition) is 10. The van der Waals surface area contributed by atoms with Gasteiger partial charge < -0.3 is 44.5 Å². The number of Topliss-reactive ketones (excluding diaryl/α,β-unsaturated/α-hetero) is 1. The van der Waals surface area contributed by atoms with Crippen LogP contribution in [0.25, 0.3) is 0 Å². The van der Waals surface area contributed by atoms with Crippen molar-refractivity contribution in [3.8, 4) is 40.2 Å². The van der Waals surface area contributed by atoms with Gasteiger partial charge in [0.1, 0.15) is 22.8 Å². The lowest BCUT2D eigenvalue weighted by Crippen LogP contribution is -2.36. The lowest BCUT2D eigenvalue weighted by atomic mass is 9.92. The topological polar surface area (TPSA) is 155 Å². The Labute approximate surface area is 192 Å². The minimum absolute atomic E-state index is 0.0721. The maximum atomic E-state index is 12.7. The summed E-state index contributed by atoms with van der Waals surface area (Å²) in [6.45, 7) is 0. The Kier molecular flexibility index (Phi) is 5.11. The lowest BCUT2D eigenvalue weighted by molar-refractivity contribution is -0.115. The van der Waals surface area contributed by atoms with E-state index in [1.54, 1.807) is 6.07 Å². The molecule has 10 nitrogen and oxygen atoms in total. The molecule has 0 aromatic heterocycles. The van der Waals surface area contributed by atoms with Crippen LogP contribution in [-0.2, 0) is 0 Å². The van der Waals surface area contributed by atoms with E-state index >= 15 is 0 Å². The van der Waals surface area contributed by atoms with E-state index in [-0.39, 0.29) is 40.1 Å². The molecule has 0 saturated carbocycles. The SMILES string of the molecule is COc1cc([C@H]2Oc3cc([C@H]4Oc5cc(O)cc(O)c5C(=O)[C@@H]4O)ccc3O[C@@H]2O)ccc1O. The summed E-state index contributed by atoms with van der Waals surface area (Å²) in [6.07, 6.45) is -5.11. The van der Waals surface area contributed by atoms with Gasteiger partial charge in [-0.3, -0.25) is 4.79 Å². The number of ketones is 1. The molecular formula is C24H20O10. The van der Waals surface area contributed by atoms with Gasteiger partial charge in [0.2, 0.25) is 12.1 Å². The fourth-order valence-electron chi connectivity index (χ4n) is 4.05. The first-order chi connectivity index (χ1) is 16.3. The predicted molar refractivity (Wildman–Crippen MR) is 115 cm³/mol. The van der Waals surface area contributed by atoms with Gasteiger partial charge in [0.25, 0.3) is 0 Å². The molecule has 5 N–H and O–H groups in total. The van der Waals surface area contributed by atoms with Crippen LogP contribution in [-0.4, -0.2) is 50.8 Å². The first-order valence-corrected chi connectivity index (χ1v) is 10.2. The molecule has 0 aliphatic carbocycles. The Morgan fingerprint density at radius 3 is 2.24 bits per heavy atom. The second-order valence-corrected chi connectivity index (χ2v) is 7.87. The third-order valence-corrected chi connectivity index (χ3v) is 5.71. The average Bonchev–Trinajstić information content (AvgIpc) is 2.80. The molecule has 176 valence electrons. The van der Waals surface area contributed by atoms with Gasteiger partial charge in [-0.15, -0.1) is 0 Å². The zero-order valence-corrected chi connectivity index (χ0v) is 17.7. The number of aliphatic hydroxyl groups is 2. The summed E-state index contributed by atoms with van der Waals surface area (Å²) in [7, 11) is 1.39. The zero-order valence-electron chi connectivity index (χ0n) is 17.7. The summed E-state index contributed by atoms with van der Waals surface area (Å²) in [5.74, 6) is -1.08. The van der Waals surface area contributed by atoms with E-state index in [1.807, 2.05) is 0 Å². The summed E-state index contributed by atoms with van der Waals surface area (Å²) < 4.78 is 22.4. The van der Waals surface area contributed by atoms with Crippen LogP contribution in [0.5, 0.6) is 40.2 Å². The van der Waals surface area contributed by atoms with Gasteiger partial charge in [-0.05, 0) is 29.8 Å². The highest BCUT2D eigenvalue weighted by Gasteiger charge is 2.40. The number of carbonyl (C=O) groups is 1. The van der Waals surface area contributed by atoms with Gasteiger partial charge in [0, 0.05) is 17.7 Å². The van der Waals surface area contributed by atoms with Crippen LogP contribution >= 0.6 is 0 Å². The number of methoxy groups -OCH3 is 1. The van der Waals surface area contributed by atoms with E-state index in [4.69, 9.17) is 18.9 Å². The van der Waals surface area contributed by atoms with Crippen LogP contribution < -0.4 is 18.9 Å². The van der Waals surface area contributed by atoms with Crippen LogP contribution in [0.1, 0.15) is 33.7 Å². The largest absolute Gasteiger partial charge is 0.508 e. The van der Waals surface area contributed by atoms with Crippen LogP contribution in [0, 0.1) is 0 Å². The van der Waals surface area contributed by atoms with Crippen molar-refractivity contribution in [3.05, 3.63) is 65.2 Å². The molecule has 0 amide bonds. The first kappa shape index (κ1) is 21.7. The number of rotatable bonds is 3. The Morgan fingerprint density at radius 1 is 0.765 bits per heavy atom. The summed E-state index contributed by atoms with van der Waals surface area (Å²) in [5, 5.41) is 50.6. The molecule has 0 saturated heterocycles. The third-order valence-electron chi connectivity index (χ3n) is 5.71. The summed E-state index contributed by atoms with van der Waals surface area (Å²) in [5.41, 5.74) is 0.612. The van der Waals surface area contributed by atoms with E-state index in [0.717, 1.165) is 6.07 Å². The van der Waals surface area contributed by atoms with Crippen molar-refractivity contribution in [2.24, 2.45) is 0 Å². The summed E-state index contributed by atoms with van der Waals surface area (Å²) in [4.78, 5) is 12.7. The van der Waals surface area contributed by atoms with Crippen molar-refractivity contribution >= 4 is 5.78 Å². The number of aromatic hydroxyl groups is 3. The number of fused-ring (bicyclic) bond motifs is 2. The highest BCUT2D eigenvalue weighted by atomic mass is 16.7. The molecule has 2 aliphatic heterocycles. The van der Waals surface area contributed by atoms with E-state index in [2.05, 4.69) is 0 Å². The van der Waals surface area contributed by atoms with Crippen molar-refractivity contribution in [1.82, 2.24) is 0 Å². The standard InChI is InChI=1S/C24H20O10/c1-31-16-6-11(2-4-13(16)26)23-24(30)34-15-5-3-10(7-17(15)32-23)22-21(29)20(28)19-14(27)8-12(25)9-18(19)33-22/h2-9,21-27,29-30H,1H3/t21-,22+,23+,24-/m0/s1. The molecule has 0 bridgehead atoms. The number of ether oxygens (including phenoxy) is 4. The Bertz CT molecular complexity index is 1290. The molecule has 3 aromatic carbocycles. The van der Waals surface area contributed by atoms with Gasteiger partial charge in [0.05, 0.1) is 7.11 Å². The minimum Gasteiger partial charge on any atom is -0.508 e. The normalized spacial score (nSPS) is 23.1. The zero-order chi connectivity index (χ0) is 24.1. The Balaban J connectivity index is 1.48. The maximum Gasteiger partial charge on any atom is 0.239 e. The third kappa shape index (κ3) is 3.49. The quantitative estimate of drug-likeness (QED) is 0.387. The van der Waals surface area contributed by atoms with Crippen LogP contribution in [0.15, 0.2) is 48.5 Å². The molecular weight excluding hydrogens is 448 g/mol. The molecule has 2 heterocycles. The maximum absolute atomic E-state index is 12.7. The number of hydrogen-bond donors (Lipinski definition) is 5. The Morgan fingerprint density at radius 2 is 1.47 bits per heavy atom. The van der Waals surface area contributed by atoms with E-state index < -0.39 is 36.1 Å². The molecule has 3 aromatic rings. The van der Waals surface area contributed by atoms with E-state index in [9.17, 15) is 30.3 Å². The summed E-state index contributed by atoms with van der Waals surface area (Å²) in [6, 6.07) is 11.1. The fourth-order valence-corrected chi connectivity index (χ4v) is 4.05. The smallest absolute Gasteiger partial charge is 0.239 e. The van der Waals surface area contributed by atoms with Gasteiger partial charge in [-0.25, -0.2) is 0 Å². The first-order valence-electron chi connectivity index (χ1n) is 10.2. The predicted octanol–water partition coefficient (Wildman–Crippen LogP) is 2.32. The highest BCUT2D eigenvalue weighted by Crippen LogP contribution is 2.45. The monoisotopic (exact) mass is 468 g/mol. The molecule has 4 atom stereocenters. The lowest BCUT2D eigenvalue weighted by Gasteiger charge is -2.33. The Hall–Kier alpha value is -4.15. The molecule has 2 aliphatic rings. The molecule has 0 spiro atoms. The number of phenolic OH excluding ortho intramolecular Hbond substituents is 3. The van der Waals surface area contributed by atoms with Crippen LogP contribution in [0.3, 0.4) is 0 Å². The number of phenols is 3. The molecule has 5 rings (SSSR count). The molecule has 10 heteroatoms. The average molecular weight is 468 g/mol. The van der Waals surface area contributed by atoms with Gasteiger partial charge in [-0.1, -0.05) is 12.1 Å². The van der Waals surface area contributed by atoms with Crippen LogP contribution in [0.4, 0.5) is 0 Å². The molecule has 0 fully saturated rings. The van der Waals surface area contributed by atoms with Gasteiger partial charge >= 0.3 is 0 Å². The van der Waals surface area contributed by atoms with E-state index in [1.165, 1.54) is 43.5 Å². The number of aliphatic hydroxyl groups excluding tert-OH is 2. The minimum atomic E-state index is -1.63. The van der Waals surface area contributed by atoms with Crippen molar-refractivity contribution in [2.45, 2.75) is 24.6 Å². The van der Waals surface area contributed by atoms with Gasteiger partial charge in [-0.2, -0.15) is 0 Å². The van der Waals surface area contributed by atoms with E-state index in [0.29, 0.717) is 11.1 Å². The second kappa shape index (κ2) is 8.01. The molecule has 0 radical (unpaired) electrons. The highest BCUT2D eigenvalue weighted by molar-refractivity contribution is 6.05. The van der Waals surface area contributed by atoms with Crippen molar-refractivity contribution < 1.29 is 49.3 Å². The molecule has 0 unspecified atom stereocenters. The second-order valence-electron chi connectivity index (χ2n) is 7.87. The van der Waals surface area contributed by atoms with Crippen molar-refractivity contribution in [1.29, 1.82) is 0 Å². The fraction of sp³-hybridized carbons (Fsp3) is 0.208. The van der Waals surface area contributed by atoms with Crippen LogP contribution in [0.2, 0.25) is 0 Å². The van der Waals surface area contributed by atoms with Crippen molar-refractivity contribution in [3.63, 3.8) is 0 Å². The number of benzene rings is 3. The summed E-state index contributed by atoms with van der Waals surface area (Å²) >= 11 is 0. The number of carbonyl (C=O) groups excluding carboxylic acids is 1. The van der Waals surface area contributed by atoms with Crippen molar-refractivity contribution in [2.75, 3.05) is 7.11 Å². The van der Waals surface area contributed by atoms with Gasteiger partial charge in [0.15, 0.2) is 41.3 Å². The molecule has 34 heavy (non-hydrogen) atoms.